The fraction of sp³-hybridized carbons (Fsp3) is 0.915. The van der Waals surface area contributed by atoms with Crippen LogP contribution in [0.5, 0.6) is 0 Å². The highest BCUT2D eigenvalue weighted by molar-refractivity contribution is 5.77. The summed E-state index contributed by atoms with van der Waals surface area (Å²) in [6, 6.07) is 0. The maximum absolute atomic E-state index is 13.8. The van der Waals surface area contributed by atoms with Crippen LogP contribution in [0.2, 0.25) is 0 Å². The Balaban J connectivity index is 1.09. The normalized spacial score (nSPS) is 55.4. The van der Waals surface area contributed by atoms with Crippen LogP contribution in [0.1, 0.15) is 106 Å². The summed E-state index contributed by atoms with van der Waals surface area (Å²) < 4.78 is 36.7. The second kappa shape index (κ2) is 17.3. The number of hydrogen-bond donors (Lipinski definition) is 10. The number of rotatable bonds is 9. The molecule has 7 fully saturated rings. The van der Waals surface area contributed by atoms with E-state index in [0.29, 0.717) is 51.4 Å². The second-order valence-corrected chi connectivity index (χ2v) is 22.8. The second-order valence-electron chi connectivity index (χ2n) is 22.8. The fourth-order valence-electron chi connectivity index (χ4n) is 14.8. The van der Waals surface area contributed by atoms with E-state index in [0.717, 1.165) is 18.3 Å². The number of carboxylic acid groups (broad SMARTS) is 1. The maximum Gasteiger partial charge on any atom is 0.312 e. The van der Waals surface area contributed by atoms with Crippen LogP contribution in [0, 0.1) is 50.2 Å². The molecule has 0 aromatic heterocycles. The Labute approximate surface area is 380 Å². The van der Waals surface area contributed by atoms with Gasteiger partial charge in [0.2, 0.25) is 0 Å². The maximum atomic E-state index is 13.8. The number of allylic oxidation sites excluding steroid dienone is 2. The van der Waals surface area contributed by atoms with Gasteiger partial charge in [-0.1, -0.05) is 53.2 Å². The van der Waals surface area contributed by atoms with E-state index in [2.05, 4.69) is 40.7 Å². The quantitative estimate of drug-likeness (QED) is 0.0857. The molecule has 18 nitrogen and oxygen atoms in total. The van der Waals surface area contributed by atoms with Crippen molar-refractivity contribution in [3.05, 3.63) is 11.6 Å². The molecule has 0 bridgehead atoms. The Kier molecular flexibility index (Phi) is 13.2. The van der Waals surface area contributed by atoms with Crippen LogP contribution in [-0.2, 0) is 38.0 Å². The summed E-state index contributed by atoms with van der Waals surface area (Å²) in [6.45, 7) is 13.3. The van der Waals surface area contributed by atoms with Gasteiger partial charge < -0.3 is 84.3 Å². The van der Waals surface area contributed by atoms with E-state index < -0.39 is 139 Å². The predicted octanol–water partition coefficient (Wildman–Crippen LogP) is 0.523. The van der Waals surface area contributed by atoms with Crippen LogP contribution in [0.15, 0.2) is 11.6 Å². The first-order chi connectivity index (χ1) is 30.3. The van der Waals surface area contributed by atoms with Gasteiger partial charge in [0.1, 0.15) is 72.7 Å². The highest BCUT2D eigenvalue weighted by atomic mass is 16.8. The van der Waals surface area contributed by atoms with E-state index in [9.17, 15) is 60.7 Å². The fourth-order valence-corrected chi connectivity index (χ4v) is 14.8. The summed E-state index contributed by atoms with van der Waals surface area (Å²) >= 11 is 0. The molecule has 3 saturated heterocycles. The van der Waals surface area contributed by atoms with Crippen molar-refractivity contribution in [2.75, 3.05) is 13.2 Å². The standard InChI is InChI=1S/C47H74O18/c1-21-30(52)32(54)34(56)38(61-21)64-36-24(50)19-60-40(37(36)65-39-35(57)33(55)31(53)25(18-48)62-39)63-29-11-12-43(4)26(44(29,5)20-49)10-13-45(6)27(43)9-8-22-23-16-42(2,3)14-15-47(23,41(58)59)28(51)17-46(22,45)7/h8,20-21,23-40,48,50-57H,9-19H2,1-7H3,(H,58,59)/t21-,23?,24+,25?,26+,27?,28-,29-,30-,31-,32?,33-,34?,35?,36-,37?,38-,39-,40-,43?,44+,45-,46+,47?/m0/s1. The number of hydrogen-bond acceptors (Lipinski definition) is 17. The smallest absolute Gasteiger partial charge is 0.312 e. The van der Waals surface area contributed by atoms with Crippen LogP contribution in [0.4, 0.5) is 0 Å². The number of aliphatic hydroxyl groups excluding tert-OH is 9. The van der Waals surface area contributed by atoms with Gasteiger partial charge in [-0.15, -0.1) is 0 Å². The van der Waals surface area contributed by atoms with Crippen molar-refractivity contribution in [3.63, 3.8) is 0 Å². The van der Waals surface area contributed by atoms with Crippen LogP contribution in [0.25, 0.3) is 0 Å². The molecule has 0 spiro atoms. The summed E-state index contributed by atoms with van der Waals surface area (Å²) in [6.07, 6.45) is -15.6. The third kappa shape index (κ3) is 7.54. The van der Waals surface area contributed by atoms with Crippen molar-refractivity contribution >= 4 is 12.3 Å². The molecule has 3 aliphatic heterocycles. The van der Waals surface area contributed by atoms with E-state index in [1.807, 2.05) is 6.92 Å². The van der Waals surface area contributed by atoms with Crippen molar-refractivity contribution in [1.29, 1.82) is 0 Å². The van der Waals surface area contributed by atoms with Crippen LogP contribution in [-0.4, -0.2) is 175 Å². The van der Waals surface area contributed by atoms with E-state index in [1.165, 1.54) is 6.92 Å². The Bertz CT molecular complexity index is 1810. The summed E-state index contributed by atoms with van der Waals surface area (Å²) in [4.78, 5) is 27.0. The molecule has 24 atom stereocenters. The number of aldehydes is 1. The Hall–Kier alpha value is -1.72. The summed E-state index contributed by atoms with van der Waals surface area (Å²) in [5, 5.41) is 108. The first-order valence-electron chi connectivity index (χ1n) is 23.7. The lowest BCUT2D eigenvalue weighted by atomic mass is 9.33. The zero-order chi connectivity index (χ0) is 47.6. The molecule has 0 aromatic carbocycles. The molecule has 18 heteroatoms. The van der Waals surface area contributed by atoms with E-state index >= 15 is 0 Å². The minimum atomic E-state index is -1.88. The first-order valence-corrected chi connectivity index (χ1v) is 23.7. The average Bonchev–Trinajstić information content (AvgIpc) is 3.24. The molecule has 9 unspecified atom stereocenters. The van der Waals surface area contributed by atoms with Crippen molar-refractivity contribution in [1.82, 2.24) is 0 Å². The summed E-state index contributed by atoms with van der Waals surface area (Å²) in [5.74, 6) is -1.39. The van der Waals surface area contributed by atoms with Crippen molar-refractivity contribution in [3.8, 4) is 0 Å². The van der Waals surface area contributed by atoms with Gasteiger partial charge in [-0.05, 0) is 104 Å². The predicted molar refractivity (Wildman–Crippen MR) is 225 cm³/mol. The Morgan fingerprint density at radius 3 is 2.05 bits per heavy atom. The molecular weight excluding hydrogens is 852 g/mol. The van der Waals surface area contributed by atoms with Gasteiger partial charge in [0.05, 0.1) is 36.9 Å². The minimum absolute atomic E-state index is 0.0585. The third-order valence-corrected chi connectivity index (χ3v) is 18.9. The number of aliphatic carboxylic acids is 1. The SMILES string of the molecule is C[C@@H]1O[C@@H](O[C@@H]2C(O[C@@H]3OC(CO)[C@H](O)[C@H](O)C3O)[C@H](O[C@H]3CCC4(C)C5CC=C6C7CC(C)(C)CCC7(C(=O)O)[C@@H](O)C[C@@]6(C)[C@@]5(C)CC[C@H]4[C@@]3(C)C=O)OC[C@H]2O)C(O)C(O)[C@H]1O. The highest BCUT2D eigenvalue weighted by Crippen LogP contribution is 2.76. The van der Waals surface area contributed by atoms with E-state index in [-0.39, 0.29) is 28.6 Å². The lowest BCUT2D eigenvalue weighted by molar-refractivity contribution is -0.387. The van der Waals surface area contributed by atoms with E-state index in [1.54, 1.807) is 0 Å². The molecule has 8 aliphatic rings. The lowest BCUT2D eigenvalue weighted by Crippen LogP contribution is -2.68. The van der Waals surface area contributed by atoms with Gasteiger partial charge in [-0.3, -0.25) is 4.79 Å². The molecule has 5 aliphatic carbocycles. The summed E-state index contributed by atoms with van der Waals surface area (Å²) in [5.41, 5.74) is -2.57. The number of carboxylic acids is 1. The molecule has 0 amide bonds. The number of aliphatic hydroxyl groups is 9. The molecular formula is C47H74O18. The number of ether oxygens (including phenoxy) is 6. The molecule has 0 aromatic rings. The van der Waals surface area contributed by atoms with Gasteiger partial charge in [-0.25, -0.2) is 0 Å². The lowest BCUT2D eigenvalue weighted by Gasteiger charge is -2.71. The van der Waals surface area contributed by atoms with Crippen molar-refractivity contribution in [2.45, 2.75) is 204 Å². The molecule has 4 saturated carbocycles. The Morgan fingerprint density at radius 1 is 0.754 bits per heavy atom. The number of fused-ring (bicyclic) bond motifs is 7. The number of carbonyl (C=O) groups excluding carboxylic acids is 1. The third-order valence-electron chi connectivity index (χ3n) is 18.9. The van der Waals surface area contributed by atoms with Gasteiger partial charge in [0.25, 0.3) is 0 Å². The molecule has 65 heavy (non-hydrogen) atoms. The zero-order valence-electron chi connectivity index (χ0n) is 38.6. The zero-order valence-corrected chi connectivity index (χ0v) is 38.6. The van der Waals surface area contributed by atoms with E-state index in [4.69, 9.17) is 28.4 Å². The van der Waals surface area contributed by atoms with Crippen molar-refractivity contribution in [2.24, 2.45) is 50.2 Å². The average molecular weight is 927 g/mol. The molecule has 0 radical (unpaired) electrons. The minimum Gasteiger partial charge on any atom is -0.481 e. The van der Waals surface area contributed by atoms with Crippen LogP contribution < -0.4 is 0 Å². The van der Waals surface area contributed by atoms with Gasteiger partial charge in [-0.2, -0.15) is 0 Å². The topological polar surface area (TPSA) is 292 Å². The van der Waals surface area contributed by atoms with Gasteiger partial charge in [0, 0.05) is 0 Å². The monoisotopic (exact) mass is 926 g/mol. The van der Waals surface area contributed by atoms with Crippen LogP contribution >= 0.6 is 0 Å². The first kappa shape index (κ1) is 49.7. The summed E-state index contributed by atoms with van der Waals surface area (Å²) in [7, 11) is 0. The van der Waals surface area contributed by atoms with Gasteiger partial charge >= 0.3 is 5.97 Å². The molecule has 370 valence electrons. The molecule has 3 heterocycles. The molecule has 8 rings (SSSR count). The number of carbonyl (C=O) groups is 2. The van der Waals surface area contributed by atoms with Crippen LogP contribution in [0.3, 0.4) is 0 Å². The highest BCUT2D eigenvalue weighted by Gasteiger charge is 2.72. The van der Waals surface area contributed by atoms with Crippen molar-refractivity contribution < 1.29 is 89.1 Å². The van der Waals surface area contributed by atoms with Gasteiger partial charge in [0.15, 0.2) is 18.9 Å². The Morgan fingerprint density at radius 2 is 1.40 bits per heavy atom. The largest absolute Gasteiger partial charge is 0.481 e. The molecule has 10 N–H and O–H groups in total.